The van der Waals surface area contributed by atoms with Crippen molar-refractivity contribution >= 4 is 43.5 Å². The maximum absolute atomic E-state index is 10.8. The van der Waals surface area contributed by atoms with Crippen molar-refractivity contribution in [3.63, 3.8) is 0 Å². The Bertz CT molecular complexity index is 556. The zero-order valence-electron chi connectivity index (χ0n) is 10.6. The Hall–Kier alpha value is -1.19. The molecule has 0 bridgehead atoms. The van der Waals surface area contributed by atoms with Crippen molar-refractivity contribution in [3.8, 4) is 5.75 Å². The van der Waals surface area contributed by atoms with Crippen molar-refractivity contribution in [2.24, 2.45) is 0 Å². The first kappa shape index (κ1) is 16.2. The normalized spacial score (nSPS) is 21.2. The Morgan fingerprint density at radius 1 is 1.43 bits per heavy atom. The fraction of sp³-hybridized carbons (Fsp3) is 0.417. The highest BCUT2D eigenvalue weighted by atomic mass is 79.9. The molecule has 1 saturated heterocycles. The van der Waals surface area contributed by atoms with Gasteiger partial charge in [0.2, 0.25) is 0 Å². The van der Waals surface area contributed by atoms with Crippen LogP contribution in [0.25, 0.3) is 0 Å². The molecule has 0 aliphatic carbocycles. The first-order chi connectivity index (χ1) is 9.88. The van der Waals surface area contributed by atoms with Gasteiger partial charge in [-0.3, -0.25) is 10.1 Å². The number of carboxylic acid groups (broad SMARTS) is 1. The third-order valence-electron chi connectivity index (χ3n) is 2.99. The van der Waals surface area contributed by atoms with E-state index in [1.165, 1.54) is 12.1 Å². The number of carboxylic acids is 1. The first-order valence-electron chi connectivity index (χ1n) is 6.03. The Morgan fingerprint density at radius 2 is 2.05 bits per heavy atom. The molecule has 1 heterocycles. The average Bonchev–Trinajstić information content (AvgIpc) is 2.86. The van der Waals surface area contributed by atoms with Crippen molar-refractivity contribution in [2.75, 3.05) is 6.61 Å². The SMILES string of the molecule is O=C(O)C1CCC(COc2c(Br)cc([N+](=O)[O-])cc2Br)O1. The van der Waals surface area contributed by atoms with Crippen molar-refractivity contribution in [2.45, 2.75) is 25.0 Å². The lowest BCUT2D eigenvalue weighted by Crippen LogP contribution is -2.23. The molecular weight excluding hydrogens is 414 g/mol. The summed E-state index contributed by atoms with van der Waals surface area (Å²) < 4.78 is 11.8. The Kier molecular flexibility index (Phi) is 5.17. The topological polar surface area (TPSA) is 98.9 Å². The van der Waals surface area contributed by atoms with Crippen LogP contribution in [0.5, 0.6) is 5.75 Å². The molecule has 21 heavy (non-hydrogen) atoms. The molecule has 7 nitrogen and oxygen atoms in total. The van der Waals surface area contributed by atoms with Crippen LogP contribution in [0.1, 0.15) is 12.8 Å². The number of hydrogen-bond donors (Lipinski definition) is 1. The van der Waals surface area contributed by atoms with Crippen molar-refractivity contribution < 1.29 is 24.3 Å². The van der Waals surface area contributed by atoms with Gasteiger partial charge in [0.25, 0.3) is 5.69 Å². The van der Waals surface area contributed by atoms with Gasteiger partial charge >= 0.3 is 5.97 Å². The van der Waals surface area contributed by atoms with E-state index in [4.69, 9.17) is 14.6 Å². The van der Waals surface area contributed by atoms with E-state index in [9.17, 15) is 14.9 Å². The molecule has 9 heteroatoms. The molecule has 1 aromatic carbocycles. The van der Waals surface area contributed by atoms with Crippen LogP contribution in [0, 0.1) is 10.1 Å². The van der Waals surface area contributed by atoms with Crippen LogP contribution < -0.4 is 4.74 Å². The predicted molar refractivity (Wildman–Crippen MR) is 79.5 cm³/mol. The molecule has 0 aromatic heterocycles. The van der Waals surface area contributed by atoms with Crippen molar-refractivity contribution in [1.29, 1.82) is 0 Å². The van der Waals surface area contributed by atoms with E-state index >= 15 is 0 Å². The summed E-state index contributed by atoms with van der Waals surface area (Å²) in [5.41, 5.74) is -0.0656. The second-order valence-corrected chi connectivity index (χ2v) is 6.18. The number of nitrogens with zero attached hydrogens (tertiary/aromatic N) is 1. The van der Waals surface area contributed by atoms with Crippen LogP contribution in [0.4, 0.5) is 5.69 Å². The average molecular weight is 425 g/mol. The summed E-state index contributed by atoms with van der Waals surface area (Å²) in [5.74, 6) is -0.557. The summed E-state index contributed by atoms with van der Waals surface area (Å²) in [4.78, 5) is 21.0. The number of hydrogen-bond acceptors (Lipinski definition) is 5. The van der Waals surface area contributed by atoms with Crippen LogP contribution in [0.15, 0.2) is 21.1 Å². The molecule has 0 radical (unpaired) electrons. The fourth-order valence-electron chi connectivity index (χ4n) is 1.98. The number of benzene rings is 1. The highest BCUT2D eigenvalue weighted by Crippen LogP contribution is 2.37. The number of ether oxygens (including phenoxy) is 2. The molecule has 1 aliphatic heterocycles. The maximum atomic E-state index is 10.8. The van der Waals surface area contributed by atoms with E-state index in [0.717, 1.165) is 0 Å². The third kappa shape index (κ3) is 3.92. The molecule has 1 N–H and O–H groups in total. The molecule has 1 fully saturated rings. The van der Waals surface area contributed by atoms with Gasteiger partial charge in [0.15, 0.2) is 6.10 Å². The number of rotatable bonds is 5. The zero-order chi connectivity index (χ0) is 15.6. The van der Waals surface area contributed by atoms with Crippen LogP contribution in [-0.2, 0) is 9.53 Å². The zero-order valence-corrected chi connectivity index (χ0v) is 13.8. The standard InChI is InChI=1S/C12H11Br2NO6/c13-8-3-6(15(18)19)4-9(14)11(8)20-5-7-1-2-10(21-7)12(16)17/h3-4,7,10H,1-2,5H2,(H,16,17). The maximum Gasteiger partial charge on any atom is 0.332 e. The summed E-state index contributed by atoms with van der Waals surface area (Å²) in [5, 5.41) is 19.6. The Morgan fingerprint density at radius 3 is 2.52 bits per heavy atom. The van der Waals surface area contributed by atoms with E-state index in [2.05, 4.69) is 31.9 Å². The number of aliphatic carboxylic acids is 1. The molecule has 0 spiro atoms. The van der Waals surface area contributed by atoms with E-state index in [0.29, 0.717) is 27.5 Å². The number of non-ortho nitro benzene ring substituents is 1. The van der Waals surface area contributed by atoms with Gasteiger partial charge in [-0.05, 0) is 44.7 Å². The quantitative estimate of drug-likeness (QED) is 0.575. The Labute approximate surface area is 136 Å². The van der Waals surface area contributed by atoms with Gasteiger partial charge in [0.05, 0.1) is 20.0 Å². The lowest BCUT2D eigenvalue weighted by molar-refractivity contribution is -0.385. The van der Waals surface area contributed by atoms with Crippen LogP contribution in [0.3, 0.4) is 0 Å². The highest BCUT2D eigenvalue weighted by Gasteiger charge is 2.31. The van der Waals surface area contributed by atoms with Crippen LogP contribution in [-0.4, -0.2) is 34.8 Å². The number of nitro benzene ring substituents is 1. The van der Waals surface area contributed by atoms with Crippen molar-refractivity contribution in [3.05, 3.63) is 31.2 Å². The summed E-state index contributed by atoms with van der Waals surface area (Å²) in [7, 11) is 0. The molecule has 1 aromatic rings. The van der Waals surface area contributed by atoms with Gasteiger partial charge in [-0.25, -0.2) is 4.79 Å². The molecule has 0 saturated carbocycles. The predicted octanol–water partition coefficient (Wildman–Crippen LogP) is 3.13. The highest BCUT2D eigenvalue weighted by molar-refractivity contribution is 9.11. The van der Waals surface area contributed by atoms with E-state index in [1.807, 2.05) is 0 Å². The summed E-state index contributed by atoms with van der Waals surface area (Å²) >= 11 is 6.43. The lowest BCUT2D eigenvalue weighted by Gasteiger charge is -2.14. The van der Waals surface area contributed by atoms with Gasteiger partial charge in [-0.1, -0.05) is 0 Å². The first-order valence-corrected chi connectivity index (χ1v) is 7.61. The second-order valence-electron chi connectivity index (χ2n) is 4.47. The minimum atomic E-state index is -0.977. The lowest BCUT2D eigenvalue weighted by atomic mass is 10.2. The minimum absolute atomic E-state index is 0.0656. The molecule has 0 amide bonds. The van der Waals surface area contributed by atoms with Gasteiger partial charge in [0, 0.05) is 12.1 Å². The van der Waals surface area contributed by atoms with Gasteiger partial charge < -0.3 is 14.6 Å². The molecular formula is C12H11Br2NO6. The van der Waals surface area contributed by atoms with E-state index in [-0.39, 0.29) is 18.4 Å². The Balaban J connectivity index is 2.01. The largest absolute Gasteiger partial charge is 0.489 e. The molecule has 1 aliphatic rings. The third-order valence-corrected chi connectivity index (χ3v) is 4.17. The second kappa shape index (κ2) is 6.71. The van der Waals surface area contributed by atoms with Gasteiger partial charge in [-0.15, -0.1) is 0 Å². The summed E-state index contributed by atoms with van der Waals surface area (Å²) in [6, 6.07) is 2.69. The molecule has 114 valence electrons. The van der Waals surface area contributed by atoms with E-state index < -0.39 is 17.0 Å². The smallest absolute Gasteiger partial charge is 0.332 e. The van der Waals surface area contributed by atoms with Gasteiger partial charge in [-0.2, -0.15) is 0 Å². The molecule has 2 rings (SSSR count). The van der Waals surface area contributed by atoms with Crippen molar-refractivity contribution in [1.82, 2.24) is 0 Å². The number of carbonyl (C=O) groups is 1. The number of halogens is 2. The monoisotopic (exact) mass is 423 g/mol. The summed E-state index contributed by atoms with van der Waals surface area (Å²) in [6.45, 7) is 0.179. The molecule has 2 atom stereocenters. The fourth-order valence-corrected chi connectivity index (χ4v) is 3.37. The summed E-state index contributed by atoms with van der Waals surface area (Å²) in [6.07, 6.45) is -0.0482. The minimum Gasteiger partial charge on any atom is -0.489 e. The van der Waals surface area contributed by atoms with Gasteiger partial charge in [0.1, 0.15) is 12.4 Å². The van der Waals surface area contributed by atoms with Crippen LogP contribution in [0.2, 0.25) is 0 Å². The number of nitro groups is 1. The molecule has 2 unspecified atom stereocenters. The van der Waals surface area contributed by atoms with Crippen LogP contribution >= 0.6 is 31.9 Å². The van der Waals surface area contributed by atoms with E-state index in [1.54, 1.807) is 0 Å².